The van der Waals surface area contributed by atoms with Gasteiger partial charge in [-0.2, -0.15) is 13.2 Å². The van der Waals surface area contributed by atoms with E-state index in [-0.39, 0.29) is 28.0 Å². The number of rotatable bonds is 0. The van der Waals surface area contributed by atoms with Crippen molar-refractivity contribution in [2.45, 2.75) is 6.18 Å². The topological polar surface area (TPSA) is 52.0 Å². The summed E-state index contributed by atoms with van der Waals surface area (Å²) in [5.74, 6) is -0.935. The highest BCUT2D eigenvalue weighted by molar-refractivity contribution is 6.13. The molecular formula is C16H5F3N2O2. The van der Waals surface area contributed by atoms with E-state index >= 15 is 0 Å². The number of carbonyl (C=O) groups excluding carboxylic acids is 1. The van der Waals surface area contributed by atoms with E-state index in [0.29, 0.717) is 0 Å². The van der Waals surface area contributed by atoms with E-state index in [1.165, 1.54) is 12.1 Å². The smallest absolute Gasteiger partial charge is 0.285 e. The first-order chi connectivity index (χ1) is 10.9. The summed E-state index contributed by atoms with van der Waals surface area (Å²) in [6.45, 7) is 0. The number of ketones is 1. The van der Waals surface area contributed by atoms with Gasteiger partial charge in [-0.05, 0) is 36.4 Å². The van der Waals surface area contributed by atoms with Crippen LogP contribution in [0.2, 0.25) is 0 Å². The van der Waals surface area contributed by atoms with Gasteiger partial charge in [0.15, 0.2) is 5.82 Å². The first-order valence-corrected chi connectivity index (χ1v) is 6.49. The van der Waals surface area contributed by atoms with E-state index in [2.05, 4.69) is 17.1 Å². The first-order valence-electron chi connectivity index (χ1n) is 6.49. The molecule has 4 rings (SSSR count). The van der Waals surface area contributed by atoms with E-state index in [4.69, 9.17) is 0 Å². The number of hydrogen-bond acceptors (Lipinski definition) is 3. The van der Waals surface area contributed by atoms with Gasteiger partial charge in [0.1, 0.15) is 5.52 Å². The highest BCUT2D eigenvalue weighted by Gasteiger charge is 2.36. The number of fused-ring (bicyclic) bond motifs is 4. The third-order valence-electron chi connectivity index (χ3n) is 3.65. The second-order valence-electron chi connectivity index (χ2n) is 5.00. The summed E-state index contributed by atoms with van der Waals surface area (Å²) in [6.07, 6.45) is -4.57. The minimum Gasteiger partial charge on any atom is -0.285 e. The van der Waals surface area contributed by atoms with E-state index in [0.717, 1.165) is 22.8 Å². The fourth-order valence-electron chi connectivity index (χ4n) is 2.60. The van der Waals surface area contributed by atoms with E-state index in [9.17, 15) is 22.8 Å². The van der Waals surface area contributed by atoms with Crippen molar-refractivity contribution in [1.29, 1.82) is 0 Å². The summed E-state index contributed by atoms with van der Waals surface area (Å²) < 4.78 is 39.5. The van der Waals surface area contributed by atoms with Crippen molar-refractivity contribution in [2.24, 2.45) is 0 Å². The summed E-state index contributed by atoms with van der Waals surface area (Å²) in [5.41, 5.74) is -1.41. The molecule has 23 heavy (non-hydrogen) atoms. The van der Waals surface area contributed by atoms with Crippen LogP contribution in [0.25, 0.3) is 16.6 Å². The number of aromatic nitrogens is 2. The van der Waals surface area contributed by atoms with Gasteiger partial charge in [-0.25, -0.2) is 4.98 Å². The fourth-order valence-corrected chi connectivity index (χ4v) is 2.60. The Morgan fingerprint density at radius 1 is 1.13 bits per heavy atom. The number of carbonyl (C=O) groups is 1. The molecule has 4 nitrogen and oxygen atoms in total. The zero-order valence-corrected chi connectivity index (χ0v) is 11.2. The van der Waals surface area contributed by atoms with Gasteiger partial charge in [0.05, 0.1) is 22.2 Å². The molecule has 0 fully saturated rings. The van der Waals surface area contributed by atoms with Crippen molar-refractivity contribution in [2.75, 3.05) is 0 Å². The molecule has 0 amide bonds. The van der Waals surface area contributed by atoms with Gasteiger partial charge in [0.25, 0.3) is 5.56 Å². The molecule has 0 saturated carbocycles. The van der Waals surface area contributed by atoms with Gasteiger partial charge < -0.3 is 0 Å². The Morgan fingerprint density at radius 3 is 2.65 bits per heavy atom. The molecule has 0 radical (unpaired) electrons. The second-order valence-corrected chi connectivity index (χ2v) is 5.00. The molecule has 3 aromatic rings. The predicted octanol–water partition coefficient (Wildman–Crippen LogP) is 2.55. The SMILES string of the molecule is O=C1c2cc(C(F)(F)F)ccc2-n2c1nc1c#cccc1c2=O. The molecule has 0 N–H and O–H groups in total. The van der Waals surface area contributed by atoms with Crippen LogP contribution in [0.4, 0.5) is 13.2 Å². The van der Waals surface area contributed by atoms with Crippen molar-refractivity contribution in [3.05, 3.63) is 69.8 Å². The Labute approximate surface area is 126 Å². The third kappa shape index (κ3) is 1.78. The lowest BCUT2D eigenvalue weighted by atomic mass is 10.1. The minimum absolute atomic E-state index is 0.102. The summed E-state index contributed by atoms with van der Waals surface area (Å²) in [5, 5.41) is 0.216. The first kappa shape index (κ1) is 13.5. The maximum atomic E-state index is 12.8. The zero-order chi connectivity index (χ0) is 16.4. The van der Waals surface area contributed by atoms with Crippen molar-refractivity contribution in [1.82, 2.24) is 9.55 Å². The Balaban J connectivity index is 2.06. The van der Waals surface area contributed by atoms with Crippen LogP contribution in [-0.2, 0) is 6.18 Å². The van der Waals surface area contributed by atoms with Crippen LogP contribution in [0.3, 0.4) is 0 Å². The van der Waals surface area contributed by atoms with Crippen LogP contribution >= 0.6 is 0 Å². The quantitative estimate of drug-likeness (QED) is 0.501. The predicted molar refractivity (Wildman–Crippen MR) is 73.4 cm³/mol. The molecule has 112 valence electrons. The lowest BCUT2D eigenvalue weighted by molar-refractivity contribution is -0.137. The number of nitrogens with zero attached hydrogens (tertiary/aromatic N) is 2. The van der Waals surface area contributed by atoms with Crippen molar-refractivity contribution >= 4 is 16.7 Å². The average Bonchev–Trinajstić information content (AvgIpc) is 2.80. The molecule has 0 aliphatic carbocycles. The van der Waals surface area contributed by atoms with Crippen LogP contribution in [0, 0.1) is 12.1 Å². The van der Waals surface area contributed by atoms with E-state index in [1.54, 1.807) is 0 Å². The highest BCUT2D eigenvalue weighted by Crippen LogP contribution is 2.34. The molecule has 2 aromatic carbocycles. The number of alkyl halides is 3. The van der Waals surface area contributed by atoms with E-state index < -0.39 is 23.1 Å². The molecule has 0 bridgehead atoms. The summed E-state index contributed by atoms with van der Waals surface area (Å²) in [6, 6.07) is 10.9. The van der Waals surface area contributed by atoms with Crippen LogP contribution in [-0.4, -0.2) is 15.3 Å². The Bertz CT molecular complexity index is 1050. The molecule has 0 saturated heterocycles. The van der Waals surface area contributed by atoms with Gasteiger partial charge in [-0.1, -0.05) is 6.07 Å². The second kappa shape index (κ2) is 4.20. The molecule has 1 aliphatic rings. The molecular weight excluding hydrogens is 309 g/mol. The van der Waals surface area contributed by atoms with E-state index in [1.807, 2.05) is 0 Å². The third-order valence-corrected chi connectivity index (χ3v) is 3.65. The maximum absolute atomic E-state index is 12.8. The van der Waals surface area contributed by atoms with Gasteiger partial charge in [-0.15, -0.1) is 0 Å². The normalized spacial score (nSPS) is 12.9. The van der Waals surface area contributed by atoms with Crippen LogP contribution in [0.15, 0.2) is 35.1 Å². The highest BCUT2D eigenvalue weighted by atomic mass is 19.4. The summed E-state index contributed by atoms with van der Waals surface area (Å²) in [4.78, 5) is 28.9. The summed E-state index contributed by atoms with van der Waals surface area (Å²) >= 11 is 0. The Morgan fingerprint density at radius 2 is 1.91 bits per heavy atom. The van der Waals surface area contributed by atoms with Crippen LogP contribution in [0.5, 0.6) is 0 Å². The summed E-state index contributed by atoms with van der Waals surface area (Å²) in [7, 11) is 0. The maximum Gasteiger partial charge on any atom is 0.416 e. The fraction of sp³-hybridized carbons (Fsp3) is 0.0625. The van der Waals surface area contributed by atoms with Crippen molar-refractivity contribution in [3.63, 3.8) is 0 Å². The van der Waals surface area contributed by atoms with Gasteiger partial charge >= 0.3 is 6.18 Å². The molecule has 0 atom stereocenters. The average molecular weight is 314 g/mol. The lowest BCUT2D eigenvalue weighted by Gasteiger charge is -2.08. The minimum atomic E-state index is -4.57. The Kier molecular flexibility index (Phi) is 2.47. The number of benzene rings is 1. The molecule has 2 heterocycles. The van der Waals surface area contributed by atoms with Crippen LogP contribution < -0.4 is 5.56 Å². The monoisotopic (exact) mass is 314 g/mol. The van der Waals surface area contributed by atoms with Gasteiger partial charge in [-0.3, -0.25) is 14.2 Å². The van der Waals surface area contributed by atoms with Crippen molar-refractivity contribution < 1.29 is 18.0 Å². The standard InChI is InChI=1S/C16H5F3N2O2/c17-16(18,19)8-5-6-12-10(7-8)13(22)14-20-11-4-2-1-3-9(11)15(23)21(12)14/h1,3,5-7H. The molecule has 7 heteroatoms. The van der Waals surface area contributed by atoms with Gasteiger partial charge in [0, 0.05) is 0 Å². The zero-order valence-electron chi connectivity index (χ0n) is 11.2. The number of hydrogen-bond donors (Lipinski definition) is 0. The molecule has 0 unspecified atom stereocenters. The van der Waals surface area contributed by atoms with Crippen molar-refractivity contribution in [3.8, 4) is 5.69 Å². The largest absolute Gasteiger partial charge is 0.416 e. The van der Waals surface area contributed by atoms with Gasteiger partial charge in [0.2, 0.25) is 5.78 Å². The molecule has 1 aromatic heterocycles. The molecule has 0 spiro atoms. The van der Waals surface area contributed by atoms with Crippen LogP contribution in [0.1, 0.15) is 21.7 Å². The lowest BCUT2D eigenvalue weighted by Crippen LogP contribution is -2.21. The number of halogens is 3. The Hall–Kier alpha value is -3.14. The molecule has 1 aliphatic heterocycles.